The second-order valence-electron chi connectivity index (χ2n) is 4.21. The summed E-state index contributed by atoms with van der Waals surface area (Å²) in [6.07, 6.45) is 0. The first kappa shape index (κ1) is 14.4. The summed E-state index contributed by atoms with van der Waals surface area (Å²) in [5.74, 6) is 0.992. The minimum absolute atomic E-state index is 0.388. The maximum atomic E-state index is 11.0. The van der Waals surface area contributed by atoms with Gasteiger partial charge in [-0.15, -0.1) is 0 Å². The van der Waals surface area contributed by atoms with Crippen molar-refractivity contribution in [2.75, 3.05) is 0 Å². The molecule has 0 heterocycles. The van der Waals surface area contributed by atoms with Crippen LogP contribution in [0.25, 0.3) is 0 Å². The molecular weight excluding hydrogens is 200 g/mol. The quantitative estimate of drug-likeness (QED) is 0.430. The highest BCUT2D eigenvalue weighted by Gasteiger charge is 2.03. The van der Waals surface area contributed by atoms with E-state index in [0.29, 0.717) is 11.3 Å². The van der Waals surface area contributed by atoms with E-state index in [2.05, 4.69) is 27.4 Å². The van der Waals surface area contributed by atoms with E-state index in [1.54, 1.807) is 31.2 Å². The summed E-state index contributed by atoms with van der Waals surface area (Å²) in [5, 5.41) is 0. The molecular formula is C14H20O2. The van der Waals surface area contributed by atoms with Crippen molar-refractivity contribution in [3.05, 3.63) is 42.5 Å². The number of para-hydroxylation sites is 1. The van der Waals surface area contributed by atoms with Gasteiger partial charge < -0.3 is 4.74 Å². The van der Waals surface area contributed by atoms with Crippen LogP contribution < -0.4 is 4.74 Å². The molecule has 1 aromatic rings. The van der Waals surface area contributed by atoms with Gasteiger partial charge in [0.15, 0.2) is 0 Å². The molecule has 0 bridgehead atoms. The lowest BCUT2D eigenvalue weighted by Gasteiger charge is -2.01. The van der Waals surface area contributed by atoms with Crippen molar-refractivity contribution in [2.24, 2.45) is 5.92 Å². The van der Waals surface area contributed by atoms with Gasteiger partial charge in [0.1, 0.15) is 5.75 Å². The van der Waals surface area contributed by atoms with Gasteiger partial charge in [-0.25, -0.2) is 4.79 Å². The van der Waals surface area contributed by atoms with Gasteiger partial charge >= 0.3 is 5.97 Å². The van der Waals surface area contributed by atoms with Crippen LogP contribution in [0.2, 0.25) is 0 Å². The predicted molar refractivity (Wildman–Crippen MR) is 67.4 cm³/mol. The summed E-state index contributed by atoms with van der Waals surface area (Å²) < 4.78 is 4.94. The van der Waals surface area contributed by atoms with E-state index in [4.69, 9.17) is 4.74 Å². The summed E-state index contributed by atoms with van der Waals surface area (Å²) in [6.45, 7) is 11.6. The van der Waals surface area contributed by atoms with Crippen LogP contribution >= 0.6 is 0 Å². The molecule has 0 spiro atoms. The Morgan fingerprint density at radius 2 is 1.62 bits per heavy atom. The Balaban J connectivity index is 0.000000487. The Bertz CT molecular complexity index is 323. The zero-order chi connectivity index (χ0) is 12.6. The molecule has 0 unspecified atom stereocenters. The molecule has 0 atom stereocenters. The van der Waals surface area contributed by atoms with Gasteiger partial charge in [0, 0.05) is 5.57 Å². The van der Waals surface area contributed by atoms with E-state index in [-0.39, 0.29) is 5.97 Å². The number of esters is 1. The lowest BCUT2D eigenvalue weighted by molar-refractivity contribution is -0.130. The lowest BCUT2D eigenvalue weighted by atomic mass is 10.3. The molecule has 0 aromatic heterocycles. The number of benzene rings is 1. The third-order valence-corrected chi connectivity index (χ3v) is 1.30. The van der Waals surface area contributed by atoms with Gasteiger partial charge in [-0.2, -0.15) is 0 Å². The molecule has 16 heavy (non-hydrogen) atoms. The van der Waals surface area contributed by atoms with E-state index < -0.39 is 0 Å². The van der Waals surface area contributed by atoms with Gasteiger partial charge in [-0.05, 0) is 25.0 Å². The summed E-state index contributed by atoms with van der Waals surface area (Å²) in [7, 11) is 0. The van der Waals surface area contributed by atoms with Crippen LogP contribution in [0.4, 0.5) is 0 Å². The standard InChI is InChI=1S/C10H10O2.C4H10/c1-8(2)10(11)12-9-6-4-3-5-7-9;1-4(2)3/h3-7H,1H2,2H3;4H,1-3H3. The molecule has 0 saturated heterocycles. The van der Waals surface area contributed by atoms with Crippen molar-refractivity contribution >= 4 is 5.97 Å². The second kappa shape index (κ2) is 7.69. The second-order valence-corrected chi connectivity index (χ2v) is 4.21. The third kappa shape index (κ3) is 7.80. The zero-order valence-electron chi connectivity index (χ0n) is 10.5. The van der Waals surface area contributed by atoms with Crippen LogP contribution in [0.3, 0.4) is 0 Å². The van der Waals surface area contributed by atoms with E-state index in [9.17, 15) is 4.79 Å². The maximum Gasteiger partial charge on any atom is 0.338 e. The van der Waals surface area contributed by atoms with Crippen LogP contribution in [-0.2, 0) is 4.79 Å². The Morgan fingerprint density at radius 1 is 1.19 bits per heavy atom. The molecule has 0 amide bonds. The summed E-state index contributed by atoms with van der Waals surface area (Å²) in [5.41, 5.74) is 0.402. The van der Waals surface area contributed by atoms with Crippen LogP contribution in [0.1, 0.15) is 27.7 Å². The number of carbonyl (C=O) groups is 1. The van der Waals surface area contributed by atoms with Gasteiger partial charge in [0.05, 0.1) is 0 Å². The molecule has 1 rings (SSSR count). The molecule has 2 heteroatoms. The Hall–Kier alpha value is -1.57. The summed E-state index contributed by atoms with van der Waals surface area (Å²) in [6, 6.07) is 8.92. The number of carbonyl (C=O) groups excluding carboxylic acids is 1. The lowest BCUT2D eigenvalue weighted by Crippen LogP contribution is -2.07. The number of rotatable bonds is 2. The highest BCUT2D eigenvalue weighted by molar-refractivity contribution is 5.88. The topological polar surface area (TPSA) is 26.3 Å². The van der Waals surface area contributed by atoms with E-state index in [1.807, 2.05) is 6.07 Å². The number of hydrogen-bond donors (Lipinski definition) is 0. The fraction of sp³-hybridized carbons (Fsp3) is 0.357. The first-order chi connectivity index (χ1) is 7.43. The maximum absolute atomic E-state index is 11.0. The van der Waals surface area contributed by atoms with Crippen LogP contribution in [0.5, 0.6) is 5.75 Å². The summed E-state index contributed by atoms with van der Waals surface area (Å²) >= 11 is 0. The zero-order valence-corrected chi connectivity index (χ0v) is 10.5. The highest BCUT2D eigenvalue weighted by Crippen LogP contribution is 2.09. The van der Waals surface area contributed by atoms with Crippen LogP contribution in [0, 0.1) is 5.92 Å². The molecule has 0 fully saturated rings. The molecule has 88 valence electrons. The van der Waals surface area contributed by atoms with Gasteiger partial charge in [-0.3, -0.25) is 0 Å². The molecule has 0 radical (unpaired) electrons. The smallest absolute Gasteiger partial charge is 0.338 e. The fourth-order valence-electron chi connectivity index (χ4n) is 0.683. The average molecular weight is 220 g/mol. The van der Waals surface area contributed by atoms with Crippen molar-refractivity contribution in [3.8, 4) is 5.75 Å². The van der Waals surface area contributed by atoms with Gasteiger partial charge in [0.25, 0.3) is 0 Å². The molecule has 0 saturated carbocycles. The molecule has 1 aromatic carbocycles. The van der Waals surface area contributed by atoms with Crippen molar-refractivity contribution in [3.63, 3.8) is 0 Å². The highest BCUT2D eigenvalue weighted by atomic mass is 16.5. The Kier molecular flexibility index (Phi) is 6.93. The fourth-order valence-corrected chi connectivity index (χ4v) is 0.683. The van der Waals surface area contributed by atoms with Gasteiger partial charge in [0.2, 0.25) is 0 Å². The van der Waals surface area contributed by atoms with Crippen molar-refractivity contribution in [2.45, 2.75) is 27.7 Å². The van der Waals surface area contributed by atoms with Crippen molar-refractivity contribution < 1.29 is 9.53 Å². The van der Waals surface area contributed by atoms with Gasteiger partial charge in [-0.1, -0.05) is 45.5 Å². The number of hydrogen-bond acceptors (Lipinski definition) is 2. The van der Waals surface area contributed by atoms with Crippen molar-refractivity contribution in [1.82, 2.24) is 0 Å². The third-order valence-electron chi connectivity index (χ3n) is 1.30. The monoisotopic (exact) mass is 220 g/mol. The normalized spacial score (nSPS) is 9.06. The Morgan fingerprint density at radius 3 is 2.00 bits per heavy atom. The van der Waals surface area contributed by atoms with Crippen LogP contribution in [-0.4, -0.2) is 5.97 Å². The van der Waals surface area contributed by atoms with E-state index in [1.165, 1.54) is 0 Å². The largest absolute Gasteiger partial charge is 0.423 e. The molecule has 0 aliphatic heterocycles. The Labute approximate surface area is 97.9 Å². The average Bonchev–Trinajstić information content (AvgIpc) is 2.18. The molecule has 0 aliphatic carbocycles. The van der Waals surface area contributed by atoms with Crippen molar-refractivity contribution in [1.29, 1.82) is 0 Å². The molecule has 0 aliphatic rings. The van der Waals surface area contributed by atoms with E-state index in [0.717, 1.165) is 5.92 Å². The number of ether oxygens (including phenoxy) is 1. The minimum Gasteiger partial charge on any atom is -0.423 e. The SMILES string of the molecule is C=C(C)C(=O)Oc1ccccc1.CC(C)C. The minimum atomic E-state index is -0.388. The summed E-state index contributed by atoms with van der Waals surface area (Å²) in [4.78, 5) is 11.0. The van der Waals surface area contributed by atoms with E-state index >= 15 is 0 Å². The molecule has 0 N–H and O–H groups in total. The first-order valence-electron chi connectivity index (χ1n) is 5.36. The predicted octanol–water partition coefficient (Wildman–Crippen LogP) is 3.83. The first-order valence-corrected chi connectivity index (χ1v) is 5.36. The van der Waals surface area contributed by atoms with Crippen LogP contribution in [0.15, 0.2) is 42.5 Å². The molecule has 2 nitrogen and oxygen atoms in total.